The average molecular weight is 1550 g/mol. The number of hydrogen-bond donors (Lipinski definition) is 0. The quantitative estimate of drug-likeness (QED) is 0.0162. The lowest BCUT2D eigenvalue weighted by Crippen LogP contribution is -2.34. The summed E-state index contributed by atoms with van der Waals surface area (Å²) in [5, 5.41) is 0. The van der Waals surface area contributed by atoms with Crippen LogP contribution in [0.2, 0.25) is 0 Å². The van der Waals surface area contributed by atoms with Gasteiger partial charge >= 0.3 is 0 Å². The van der Waals surface area contributed by atoms with Crippen molar-refractivity contribution in [1.29, 1.82) is 0 Å². The van der Waals surface area contributed by atoms with E-state index in [9.17, 15) is 9.59 Å². The normalized spacial score (nSPS) is 15.4. The highest BCUT2D eigenvalue weighted by Gasteiger charge is 2.44. The number of likely N-dealkylation sites (N-methyl/N-ethyl adjacent to an activating group) is 2. The third kappa shape index (κ3) is 19.7. The van der Waals surface area contributed by atoms with Gasteiger partial charge in [0.05, 0.1) is 30.7 Å². The summed E-state index contributed by atoms with van der Waals surface area (Å²) in [5.41, 5.74) is 6.52. The minimum atomic E-state index is -0.141. The number of nitrogens with zero attached hydrogens (tertiary/aromatic N) is 3. The van der Waals surface area contributed by atoms with E-state index in [0.29, 0.717) is 49.2 Å². The number of thiophene rings is 7. The number of thioether (sulfide) groups is 2. The highest BCUT2D eigenvalue weighted by molar-refractivity contribution is 8.27. The van der Waals surface area contributed by atoms with Crippen molar-refractivity contribution in [3.05, 3.63) is 101 Å². The lowest BCUT2D eigenvalue weighted by atomic mass is 9.99. The molecule has 7 aromatic rings. The Hall–Kier alpha value is -3.66. The number of unbranched alkanes of at least 4 members (excludes halogenated alkanes) is 21. The zero-order valence-corrected chi connectivity index (χ0v) is 69.5. The van der Waals surface area contributed by atoms with Crippen molar-refractivity contribution in [2.45, 2.75) is 261 Å². The molecule has 0 spiro atoms. The third-order valence-corrected chi connectivity index (χ3v) is 31.6. The van der Waals surface area contributed by atoms with Crippen molar-refractivity contribution in [2.24, 2.45) is 5.92 Å². The van der Waals surface area contributed by atoms with Crippen LogP contribution in [-0.4, -0.2) is 66.6 Å². The van der Waals surface area contributed by atoms with Gasteiger partial charge in [0.15, 0.2) is 0 Å². The Morgan fingerprint density at radius 3 is 1.01 bits per heavy atom. The van der Waals surface area contributed by atoms with Gasteiger partial charge in [0.1, 0.15) is 8.64 Å². The fraction of sp³-hybridized carbons (Fsp3) is 0.537. The van der Waals surface area contributed by atoms with Crippen molar-refractivity contribution in [3.8, 4) is 58.5 Å². The van der Waals surface area contributed by atoms with Gasteiger partial charge in [0, 0.05) is 78.2 Å². The van der Waals surface area contributed by atoms with Crippen molar-refractivity contribution >= 4 is 172 Å². The fourth-order valence-electron chi connectivity index (χ4n) is 13.9. The molecule has 4 amide bonds. The Kier molecular flexibility index (Phi) is 31.3. The fourth-order valence-corrected chi connectivity index (χ4v) is 25.7. The van der Waals surface area contributed by atoms with Gasteiger partial charge in [-0.1, -0.05) is 237 Å². The van der Waals surface area contributed by atoms with Crippen molar-refractivity contribution in [1.82, 2.24) is 14.7 Å². The molecule has 100 heavy (non-hydrogen) atoms. The molecule has 18 heteroatoms. The first kappa shape index (κ1) is 78.9. The summed E-state index contributed by atoms with van der Waals surface area (Å²) < 4.78 is 1.25. The lowest BCUT2D eigenvalue weighted by Gasteiger charge is -2.21. The second-order valence-electron chi connectivity index (χ2n) is 27.3. The van der Waals surface area contributed by atoms with Crippen LogP contribution in [-0.2, 0) is 35.3 Å². The van der Waals surface area contributed by atoms with Gasteiger partial charge in [-0.05, 0) is 160 Å². The molecule has 7 nitrogen and oxygen atoms in total. The third-order valence-electron chi connectivity index (χ3n) is 19.8. The molecule has 1 atom stereocenters. The maximum absolute atomic E-state index is 15.6. The molecule has 10 rings (SSSR count). The maximum Gasteiger partial charge on any atom is 0.266 e. The molecule has 538 valence electrons. The minimum Gasteiger partial charge on any atom is -0.293 e. The van der Waals surface area contributed by atoms with Gasteiger partial charge in [0.25, 0.3) is 23.6 Å². The number of aryl methyl sites for hydroxylation is 4. The molecule has 0 N–H and O–H groups in total. The van der Waals surface area contributed by atoms with Gasteiger partial charge in [-0.3, -0.25) is 33.9 Å². The SMILES string of the molecule is CCCCCCCCc1cc(C=C2SC(=S)N(CC)C2=O)sc1-c1ccc(-c2sc(-c3sc(-c4cc(CCCCCCCC)c(-c5ccc(-c6sc(C=C7SC(=S)N(CC)C7=O)cc6CCCCCCCC)s5)s4)c4c3C(=O)N(CC(CC)CCCC)C4=O)cc2CCCCCCCC)s1. The van der Waals surface area contributed by atoms with Crippen LogP contribution in [0.3, 0.4) is 0 Å². The highest BCUT2D eigenvalue weighted by Crippen LogP contribution is 2.55. The number of carbonyl (C=O) groups is 4. The molecule has 0 saturated carbocycles. The Morgan fingerprint density at radius 2 is 0.680 bits per heavy atom. The van der Waals surface area contributed by atoms with Crippen LogP contribution in [0.25, 0.3) is 70.7 Å². The van der Waals surface area contributed by atoms with E-state index in [1.807, 2.05) is 59.2 Å². The van der Waals surface area contributed by atoms with E-state index < -0.39 is 0 Å². The monoisotopic (exact) mass is 1550 g/mol. The van der Waals surface area contributed by atoms with Crippen molar-refractivity contribution < 1.29 is 19.2 Å². The van der Waals surface area contributed by atoms with Crippen LogP contribution in [0.15, 0.2) is 58.3 Å². The predicted molar refractivity (Wildman–Crippen MR) is 452 cm³/mol. The van der Waals surface area contributed by atoms with Crippen LogP contribution in [0.1, 0.15) is 288 Å². The summed E-state index contributed by atoms with van der Waals surface area (Å²) in [6.07, 6.45) is 41.2. The van der Waals surface area contributed by atoms with E-state index >= 15 is 9.59 Å². The number of hydrogen-bond acceptors (Lipinski definition) is 15. The van der Waals surface area contributed by atoms with E-state index in [1.54, 1.807) is 48.7 Å². The minimum absolute atomic E-state index is 0.00394. The molecule has 3 aliphatic heterocycles. The standard InChI is InChI=1S/C82H105N3O4S11/c1-9-17-22-26-30-34-39-55-47-59(51-67-77(86)83(15-7)81(90)98-67)92-71(55)61-43-45-63(94-61)73-57(41-36-32-28-24-19-11-3)49-65(96-73)75-69-70(80(89)85(79(69)88)53-54(14-6)38-21-13-5)76(100-75)66-50-58(42-37-33-29-25-20-12-4)74(97-66)64-46-44-62(95-64)72-56(40-35-31-27-23-18-10-2)48-60(93-72)52-68-78(87)84(16-8)82(91)99-68/h43-52,54H,9-42,53H2,1-8H3. The smallest absolute Gasteiger partial charge is 0.266 e. The van der Waals surface area contributed by atoms with Crippen LogP contribution >= 0.6 is 127 Å². The summed E-state index contributed by atoms with van der Waals surface area (Å²) in [6.45, 7) is 19.1. The first-order valence-electron chi connectivity index (χ1n) is 38.0. The first-order chi connectivity index (χ1) is 48.8. The number of amides is 4. The number of imide groups is 1. The second kappa shape index (κ2) is 39.6. The summed E-state index contributed by atoms with van der Waals surface area (Å²) in [5.74, 6) is -0.0585. The van der Waals surface area contributed by atoms with Gasteiger partial charge in [0.2, 0.25) is 0 Å². The molecule has 0 aliphatic carbocycles. The van der Waals surface area contributed by atoms with Crippen LogP contribution in [0, 0.1) is 5.92 Å². The molecule has 0 radical (unpaired) electrons. The van der Waals surface area contributed by atoms with Gasteiger partial charge in [-0.2, -0.15) is 0 Å². The molecule has 3 aliphatic rings. The van der Waals surface area contributed by atoms with Gasteiger partial charge in [-0.25, -0.2) is 0 Å². The zero-order chi connectivity index (χ0) is 70.7. The molecule has 0 bridgehead atoms. The first-order valence-corrected chi connectivity index (χ1v) is 46.2. The van der Waals surface area contributed by atoms with E-state index in [0.717, 1.165) is 106 Å². The molecule has 10 heterocycles. The maximum atomic E-state index is 15.6. The Labute approximate surface area is 645 Å². The Bertz CT molecular complexity index is 3740. The predicted octanol–water partition coefficient (Wildman–Crippen LogP) is 28.0. The highest BCUT2D eigenvalue weighted by atomic mass is 32.2. The molecule has 2 fully saturated rings. The summed E-state index contributed by atoms with van der Waals surface area (Å²) in [6, 6.07) is 18.8. The van der Waals surface area contributed by atoms with E-state index in [4.69, 9.17) is 24.4 Å². The van der Waals surface area contributed by atoms with E-state index in [1.165, 1.54) is 213 Å². The van der Waals surface area contributed by atoms with Crippen LogP contribution in [0.4, 0.5) is 0 Å². The number of carbonyl (C=O) groups excluding carboxylic acids is 4. The molecular weight excluding hydrogens is 1440 g/mol. The van der Waals surface area contributed by atoms with Crippen molar-refractivity contribution in [3.63, 3.8) is 0 Å². The summed E-state index contributed by atoms with van der Waals surface area (Å²) in [7, 11) is 0. The summed E-state index contributed by atoms with van der Waals surface area (Å²) >= 11 is 26.7. The molecule has 1 unspecified atom stereocenters. The molecule has 7 aromatic heterocycles. The molecular formula is C82H105N3O4S11. The number of rotatable bonds is 44. The van der Waals surface area contributed by atoms with Gasteiger partial charge in [-0.15, -0.1) is 79.4 Å². The Morgan fingerprint density at radius 1 is 0.350 bits per heavy atom. The van der Waals surface area contributed by atoms with Crippen LogP contribution in [0.5, 0.6) is 0 Å². The summed E-state index contributed by atoms with van der Waals surface area (Å²) in [4.78, 5) is 80.9. The largest absolute Gasteiger partial charge is 0.293 e. The second-order valence-corrected chi connectivity index (χ2v) is 38.1. The van der Waals surface area contributed by atoms with E-state index in [-0.39, 0.29) is 29.5 Å². The molecule has 2 saturated heterocycles. The number of thiocarbonyl (C=S) groups is 2. The topological polar surface area (TPSA) is 78.0 Å². The molecule has 0 aromatic carbocycles. The number of fused-ring (bicyclic) bond motifs is 1. The van der Waals surface area contributed by atoms with Gasteiger partial charge < -0.3 is 0 Å². The Balaban J connectivity index is 1.06. The average Bonchev–Trinajstić information content (AvgIpc) is 1.56. The van der Waals surface area contributed by atoms with E-state index in [2.05, 4.69) is 102 Å². The van der Waals surface area contributed by atoms with Crippen LogP contribution < -0.4 is 0 Å². The lowest BCUT2D eigenvalue weighted by molar-refractivity contribution is -0.122. The van der Waals surface area contributed by atoms with Crippen molar-refractivity contribution in [2.75, 3.05) is 19.6 Å². The zero-order valence-electron chi connectivity index (χ0n) is 60.6.